The highest BCUT2D eigenvalue weighted by molar-refractivity contribution is 6.02. The summed E-state index contributed by atoms with van der Waals surface area (Å²) in [7, 11) is 4.17. The molecule has 0 radical (unpaired) electrons. The van der Waals surface area contributed by atoms with Crippen molar-refractivity contribution >= 4 is 34.8 Å². The summed E-state index contributed by atoms with van der Waals surface area (Å²) >= 11 is 0. The number of hydrogen-bond acceptors (Lipinski definition) is 5. The third-order valence-electron chi connectivity index (χ3n) is 5.11. The van der Waals surface area contributed by atoms with Gasteiger partial charge in [0.1, 0.15) is 11.3 Å². The number of nitrogens with zero attached hydrogens (tertiary/aromatic N) is 3. The summed E-state index contributed by atoms with van der Waals surface area (Å²) in [6.07, 6.45) is 4.13. The largest absolute Gasteiger partial charge is 0.423 e. The molecule has 1 saturated heterocycles. The number of oxazole rings is 1. The fraction of sp³-hybridized carbons (Fsp3) is 0.273. The lowest BCUT2D eigenvalue weighted by Crippen LogP contribution is -2.31. The number of benzene rings is 2. The molecule has 0 saturated carbocycles. The molecule has 1 unspecified atom stereocenters. The predicted octanol–water partition coefficient (Wildman–Crippen LogP) is 3.76. The average Bonchev–Trinajstić information content (AvgIpc) is 3.34. The molecule has 150 valence electrons. The summed E-state index contributed by atoms with van der Waals surface area (Å²) < 4.78 is 18.8. The monoisotopic (exact) mass is 394 g/mol. The normalized spacial score (nSPS) is 17.0. The lowest BCUT2D eigenvalue weighted by Gasteiger charge is -2.19. The number of nitrogens with one attached hydrogen (secondary N) is 1. The van der Waals surface area contributed by atoms with E-state index in [0.29, 0.717) is 28.8 Å². The smallest absolute Gasteiger partial charge is 0.298 e. The highest BCUT2D eigenvalue weighted by atomic mass is 19.1. The summed E-state index contributed by atoms with van der Waals surface area (Å²) in [6, 6.07) is 12.4. The molecule has 2 heterocycles. The number of rotatable bonds is 5. The van der Waals surface area contributed by atoms with Gasteiger partial charge in [-0.1, -0.05) is 12.1 Å². The van der Waals surface area contributed by atoms with Gasteiger partial charge in [-0.05, 0) is 62.5 Å². The quantitative estimate of drug-likeness (QED) is 0.668. The second kappa shape index (κ2) is 8.05. The van der Waals surface area contributed by atoms with E-state index in [9.17, 15) is 9.18 Å². The van der Waals surface area contributed by atoms with Crippen LogP contribution in [-0.2, 0) is 4.79 Å². The van der Waals surface area contributed by atoms with E-state index in [4.69, 9.17) is 4.42 Å². The van der Waals surface area contributed by atoms with E-state index in [1.807, 2.05) is 6.07 Å². The second-order valence-electron chi connectivity index (χ2n) is 7.41. The van der Waals surface area contributed by atoms with Gasteiger partial charge in [0.2, 0.25) is 5.91 Å². The Balaban J connectivity index is 1.43. The van der Waals surface area contributed by atoms with Gasteiger partial charge in [-0.15, -0.1) is 0 Å². The van der Waals surface area contributed by atoms with Crippen molar-refractivity contribution in [1.29, 1.82) is 0 Å². The molecule has 1 amide bonds. The molecule has 1 aromatic heterocycles. The third-order valence-corrected chi connectivity index (χ3v) is 5.11. The maximum absolute atomic E-state index is 12.9. The Morgan fingerprint density at radius 1 is 1.28 bits per heavy atom. The number of carbonyl (C=O) groups excluding carboxylic acids is 1. The minimum Gasteiger partial charge on any atom is -0.423 e. The van der Waals surface area contributed by atoms with Crippen LogP contribution >= 0.6 is 0 Å². The SMILES string of the molecule is CN(C)C1CCN(c2nc3cc(NC(=O)/C=C\c4ccc(F)cc4)ccc3o2)C1. The highest BCUT2D eigenvalue weighted by Gasteiger charge is 2.27. The first-order valence-corrected chi connectivity index (χ1v) is 9.54. The molecule has 1 N–H and O–H groups in total. The van der Waals surface area contributed by atoms with Crippen molar-refractivity contribution in [3.05, 3.63) is 59.9 Å². The Morgan fingerprint density at radius 3 is 2.79 bits per heavy atom. The van der Waals surface area contributed by atoms with Crippen LogP contribution in [0.2, 0.25) is 0 Å². The molecule has 6 nitrogen and oxygen atoms in total. The van der Waals surface area contributed by atoms with E-state index in [1.54, 1.807) is 30.3 Å². The lowest BCUT2D eigenvalue weighted by molar-refractivity contribution is -0.111. The van der Waals surface area contributed by atoms with Gasteiger partial charge in [0.25, 0.3) is 6.01 Å². The summed E-state index contributed by atoms with van der Waals surface area (Å²) in [5, 5.41) is 2.81. The van der Waals surface area contributed by atoms with E-state index in [-0.39, 0.29) is 11.7 Å². The Kier molecular flexibility index (Phi) is 5.31. The zero-order valence-corrected chi connectivity index (χ0v) is 16.4. The van der Waals surface area contributed by atoms with Crippen molar-refractivity contribution in [3.63, 3.8) is 0 Å². The van der Waals surface area contributed by atoms with Crippen LogP contribution in [0.3, 0.4) is 0 Å². The van der Waals surface area contributed by atoms with Crippen molar-refractivity contribution in [3.8, 4) is 0 Å². The van der Waals surface area contributed by atoms with E-state index < -0.39 is 0 Å². The summed E-state index contributed by atoms with van der Waals surface area (Å²) in [4.78, 5) is 21.1. The Bertz CT molecular complexity index is 1040. The maximum Gasteiger partial charge on any atom is 0.298 e. The minimum absolute atomic E-state index is 0.272. The van der Waals surface area contributed by atoms with Crippen LogP contribution in [0.1, 0.15) is 12.0 Å². The van der Waals surface area contributed by atoms with E-state index >= 15 is 0 Å². The molecule has 0 aliphatic carbocycles. The molecule has 7 heteroatoms. The molecule has 4 rings (SSSR count). The topological polar surface area (TPSA) is 61.6 Å². The number of fused-ring (bicyclic) bond motifs is 1. The van der Waals surface area contributed by atoms with Gasteiger partial charge >= 0.3 is 0 Å². The Morgan fingerprint density at radius 2 is 2.07 bits per heavy atom. The molecule has 0 bridgehead atoms. The van der Waals surface area contributed by atoms with E-state index in [0.717, 1.165) is 25.1 Å². The number of carbonyl (C=O) groups is 1. The van der Waals surface area contributed by atoms with Crippen LogP contribution in [0.5, 0.6) is 0 Å². The van der Waals surface area contributed by atoms with Crippen LogP contribution in [0.15, 0.2) is 53.0 Å². The number of hydrogen-bond donors (Lipinski definition) is 1. The summed E-state index contributed by atoms with van der Waals surface area (Å²) in [5.41, 5.74) is 2.78. The molecule has 2 aromatic carbocycles. The van der Waals surface area contributed by atoms with E-state index in [1.165, 1.54) is 18.2 Å². The molecule has 1 fully saturated rings. The van der Waals surface area contributed by atoms with Crippen LogP contribution in [0, 0.1) is 5.82 Å². The van der Waals surface area contributed by atoms with Gasteiger partial charge in [0.05, 0.1) is 0 Å². The first-order valence-electron chi connectivity index (χ1n) is 9.54. The van der Waals surface area contributed by atoms with Crippen molar-refractivity contribution in [2.75, 3.05) is 37.4 Å². The first-order chi connectivity index (χ1) is 14.0. The zero-order chi connectivity index (χ0) is 20.4. The first kappa shape index (κ1) is 19.1. The average molecular weight is 394 g/mol. The molecule has 3 aromatic rings. The summed E-state index contributed by atoms with van der Waals surface area (Å²) in [5.74, 6) is -0.580. The Hall–Kier alpha value is -3.19. The van der Waals surface area contributed by atoms with Crippen molar-refractivity contribution in [2.24, 2.45) is 0 Å². The maximum atomic E-state index is 12.9. The van der Waals surface area contributed by atoms with Gasteiger partial charge in [-0.2, -0.15) is 4.98 Å². The highest BCUT2D eigenvalue weighted by Crippen LogP contribution is 2.27. The zero-order valence-electron chi connectivity index (χ0n) is 16.4. The lowest BCUT2D eigenvalue weighted by atomic mass is 10.2. The molecular formula is C22H23FN4O2. The fourth-order valence-corrected chi connectivity index (χ4v) is 3.40. The van der Waals surface area contributed by atoms with Gasteiger partial charge < -0.3 is 19.5 Å². The van der Waals surface area contributed by atoms with Crippen molar-refractivity contribution < 1.29 is 13.6 Å². The number of likely N-dealkylation sites (N-methyl/N-ethyl adjacent to an activating group) is 1. The van der Waals surface area contributed by atoms with Crippen LogP contribution in [0.4, 0.5) is 16.1 Å². The molecule has 1 aliphatic heterocycles. The Labute approximate surface area is 168 Å². The van der Waals surface area contributed by atoms with Crippen molar-refractivity contribution in [1.82, 2.24) is 9.88 Å². The molecule has 1 aliphatic rings. The van der Waals surface area contributed by atoms with Crippen LogP contribution in [0.25, 0.3) is 17.2 Å². The minimum atomic E-state index is -0.307. The third kappa shape index (κ3) is 4.46. The number of aromatic nitrogens is 1. The molecule has 29 heavy (non-hydrogen) atoms. The number of amides is 1. The van der Waals surface area contributed by atoms with Crippen molar-refractivity contribution in [2.45, 2.75) is 12.5 Å². The van der Waals surface area contributed by atoms with Crippen LogP contribution < -0.4 is 10.2 Å². The second-order valence-corrected chi connectivity index (χ2v) is 7.41. The summed E-state index contributed by atoms with van der Waals surface area (Å²) in [6.45, 7) is 1.80. The molecule has 0 spiro atoms. The van der Waals surface area contributed by atoms with Crippen LogP contribution in [-0.4, -0.2) is 49.0 Å². The van der Waals surface area contributed by atoms with Gasteiger partial charge in [0, 0.05) is 30.9 Å². The molecular weight excluding hydrogens is 371 g/mol. The van der Waals surface area contributed by atoms with Gasteiger partial charge in [0.15, 0.2) is 5.58 Å². The van der Waals surface area contributed by atoms with Gasteiger partial charge in [-0.25, -0.2) is 4.39 Å². The van der Waals surface area contributed by atoms with Gasteiger partial charge in [-0.3, -0.25) is 4.79 Å². The standard InChI is InChI=1S/C22H23FN4O2/c1-26(2)18-11-12-27(14-18)22-25-19-13-17(8-9-20(19)29-22)24-21(28)10-5-15-3-6-16(23)7-4-15/h3-10,13,18H,11-12,14H2,1-2H3,(H,24,28)/b10-5-. The fourth-order valence-electron chi connectivity index (χ4n) is 3.40. The molecule has 1 atom stereocenters. The number of anilines is 2. The predicted molar refractivity (Wildman–Crippen MR) is 112 cm³/mol. The number of halogens is 1. The van der Waals surface area contributed by atoms with E-state index in [2.05, 4.69) is 34.2 Å².